The summed E-state index contributed by atoms with van der Waals surface area (Å²) in [5.74, 6) is -0.181. The van der Waals surface area contributed by atoms with Gasteiger partial charge >= 0.3 is 5.97 Å². The van der Waals surface area contributed by atoms with Gasteiger partial charge in [0.2, 0.25) is 0 Å². The highest BCUT2D eigenvalue weighted by Crippen LogP contribution is 2.11. The molecule has 0 aliphatic heterocycles. The van der Waals surface area contributed by atoms with Gasteiger partial charge in [-0.25, -0.2) is 4.79 Å². The maximum atomic E-state index is 11.6. The smallest absolute Gasteiger partial charge is 0.338 e. The Balaban J connectivity index is 2.08. The minimum Gasteiger partial charge on any atom is -0.508 e. The number of phenolic OH excluding ortho intramolecular Hbond substituents is 1. The average molecular weight is 276 g/mol. The highest BCUT2D eigenvalue weighted by molar-refractivity contribution is 5.89. The van der Waals surface area contributed by atoms with Crippen molar-refractivity contribution in [1.82, 2.24) is 0 Å². The Kier molecular flexibility index (Phi) is 8.20. The molecule has 0 fully saturated rings. The van der Waals surface area contributed by atoms with E-state index in [1.54, 1.807) is 12.1 Å². The molecule has 0 aliphatic rings. The maximum absolute atomic E-state index is 11.6. The highest BCUT2D eigenvalue weighted by atomic mass is 16.5. The first-order chi connectivity index (χ1) is 9.74. The second-order valence-corrected chi connectivity index (χ2v) is 4.79. The molecule has 0 unspecified atom stereocenters. The van der Waals surface area contributed by atoms with Crippen molar-refractivity contribution in [2.45, 2.75) is 45.4 Å². The van der Waals surface area contributed by atoms with Crippen LogP contribution in [0.4, 0.5) is 0 Å². The molecule has 0 aromatic heterocycles. The lowest BCUT2D eigenvalue weighted by molar-refractivity contribution is 0.0498. The molecule has 0 saturated heterocycles. The highest BCUT2D eigenvalue weighted by Gasteiger charge is 2.05. The Morgan fingerprint density at radius 2 is 1.75 bits per heavy atom. The number of esters is 1. The summed E-state index contributed by atoms with van der Waals surface area (Å²) in [6, 6.07) is 6.09. The molecule has 20 heavy (non-hydrogen) atoms. The summed E-state index contributed by atoms with van der Waals surface area (Å²) in [4.78, 5) is 11.6. The second kappa shape index (κ2) is 10.1. The molecule has 0 amide bonds. The summed E-state index contributed by atoms with van der Waals surface area (Å²) in [6.07, 6.45) is 11.0. The van der Waals surface area contributed by atoms with Crippen LogP contribution in [0.3, 0.4) is 0 Å². The number of unbranched alkanes of at least 4 members (excludes halogenated alkanes) is 4. The van der Waals surface area contributed by atoms with Gasteiger partial charge in [-0.1, -0.05) is 31.9 Å². The van der Waals surface area contributed by atoms with E-state index in [0.29, 0.717) is 12.2 Å². The van der Waals surface area contributed by atoms with Gasteiger partial charge in [0, 0.05) is 0 Å². The van der Waals surface area contributed by atoms with Crippen molar-refractivity contribution in [3.63, 3.8) is 0 Å². The van der Waals surface area contributed by atoms with Crippen LogP contribution in [0.25, 0.3) is 0 Å². The lowest BCUT2D eigenvalue weighted by Crippen LogP contribution is -2.06. The van der Waals surface area contributed by atoms with Gasteiger partial charge in [0.05, 0.1) is 12.2 Å². The van der Waals surface area contributed by atoms with Crippen molar-refractivity contribution >= 4 is 5.97 Å². The summed E-state index contributed by atoms with van der Waals surface area (Å²) in [5, 5.41) is 9.13. The summed E-state index contributed by atoms with van der Waals surface area (Å²) in [7, 11) is 0. The number of benzene rings is 1. The number of hydrogen-bond donors (Lipinski definition) is 1. The van der Waals surface area contributed by atoms with Crippen LogP contribution >= 0.6 is 0 Å². The number of aromatic hydroxyl groups is 1. The fourth-order valence-corrected chi connectivity index (χ4v) is 1.77. The summed E-state index contributed by atoms with van der Waals surface area (Å²) in [5.41, 5.74) is 0.474. The topological polar surface area (TPSA) is 46.5 Å². The maximum Gasteiger partial charge on any atom is 0.338 e. The van der Waals surface area contributed by atoms with Crippen LogP contribution in [-0.4, -0.2) is 17.7 Å². The zero-order valence-corrected chi connectivity index (χ0v) is 12.2. The Hall–Kier alpha value is -1.77. The van der Waals surface area contributed by atoms with E-state index in [9.17, 15) is 4.79 Å². The molecule has 1 rings (SSSR count). The fourth-order valence-electron chi connectivity index (χ4n) is 1.77. The third kappa shape index (κ3) is 6.98. The number of hydrogen-bond acceptors (Lipinski definition) is 3. The van der Waals surface area contributed by atoms with Crippen LogP contribution in [-0.2, 0) is 4.74 Å². The van der Waals surface area contributed by atoms with Gasteiger partial charge in [-0.3, -0.25) is 0 Å². The molecule has 0 saturated carbocycles. The molecule has 0 heterocycles. The Morgan fingerprint density at radius 3 is 2.40 bits per heavy atom. The van der Waals surface area contributed by atoms with E-state index in [4.69, 9.17) is 9.84 Å². The lowest BCUT2D eigenvalue weighted by Gasteiger charge is -2.04. The molecule has 0 aliphatic carbocycles. The van der Waals surface area contributed by atoms with E-state index >= 15 is 0 Å². The van der Waals surface area contributed by atoms with Crippen molar-refractivity contribution in [2.75, 3.05) is 6.61 Å². The van der Waals surface area contributed by atoms with Gasteiger partial charge in [-0.2, -0.15) is 0 Å². The Bertz CT molecular complexity index is 407. The fraction of sp³-hybridized carbons (Fsp3) is 0.471. The zero-order valence-electron chi connectivity index (χ0n) is 12.2. The first kappa shape index (κ1) is 16.3. The molecule has 1 aromatic carbocycles. The number of allylic oxidation sites excluding steroid dienone is 2. The van der Waals surface area contributed by atoms with Crippen LogP contribution in [0.5, 0.6) is 5.75 Å². The number of rotatable bonds is 9. The Labute approximate surface area is 121 Å². The van der Waals surface area contributed by atoms with E-state index in [2.05, 4.69) is 19.1 Å². The van der Waals surface area contributed by atoms with E-state index < -0.39 is 0 Å². The monoisotopic (exact) mass is 276 g/mol. The molecule has 0 radical (unpaired) electrons. The van der Waals surface area contributed by atoms with Gasteiger partial charge < -0.3 is 9.84 Å². The molecule has 0 atom stereocenters. The first-order valence-corrected chi connectivity index (χ1v) is 7.35. The SMILES string of the molecule is CCCC/C=C/CCCCOC(=O)c1ccc(O)cc1. The van der Waals surface area contributed by atoms with E-state index in [-0.39, 0.29) is 11.7 Å². The number of phenols is 1. The van der Waals surface area contributed by atoms with E-state index in [0.717, 1.165) is 25.7 Å². The molecule has 1 N–H and O–H groups in total. The molecular weight excluding hydrogens is 252 g/mol. The van der Waals surface area contributed by atoms with Crippen molar-refractivity contribution < 1.29 is 14.6 Å². The molecule has 1 aromatic rings. The van der Waals surface area contributed by atoms with Crippen molar-refractivity contribution in [3.8, 4) is 5.75 Å². The first-order valence-electron chi connectivity index (χ1n) is 7.35. The third-order valence-electron chi connectivity index (χ3n) is 2.99. The molecule has 3 nitrogen and oxygen atoms in total. The normalized spacial score (nSPS) is 10.8. The predicted molar refractivity (Wildman–Crippen MR) is 80.9 cm³/mol. The van der Waals surface area contributed by atoms with Gasteiger partial charge in [-0.05, 0) is 49.9 Å². The summed E-state index contributed by atoms with van der Waals surface area (Å²) >= 11 is 0. The molecule has 0 bridgehead atoms. The van der Waals surface area contributed by atoms with Crippen molar-refractivity contribution in [1.29, 1.82) is 0 Å². The van der Waals surface area contributed by atoms with Crippen LogP contribution in [0.15, 0.2) is 36.4 Å². The van der Waals surface area contributed by atoms with E-state index in [1.807, 2.05) is 0 Å². The number of carbonyl (C=O) groups excluding carboxylic acids is 1. The van der Waals surface area contributed by atoms with Gasteiger partial charge in [0.15, 0.2) is 0 Å². The largest absolute Gasteiger partial charge is 0.508 e. The van der Waals surface area contributed by atoms with Gasteiger partial charge in [-0.15, -0.1) is 0 Å². The lowest BCUT2D eigenvalue weighted by atomic mass is 10.2. The van der Waals surface area contributed by atoms with Crippen LogP contribution in [0.1, 0.15) is 55.8 Å². The average Bonchev–Trinajstić information content (AvgIpc) is 2.46. The molecular formula is C17H24O3. The van der Waals surface area contributed by atoms with Crippen LogP contribution in [0.2, 0.25) is 0 Å². The third-order valence-corrected chi connectivity index (χ3v) is 2.99. The van der Waals surface area contributed by atoms with Crippen LogP contribution in [0, 0.1) is 0 Å². The quantitative estimate of drug-likeness (QED) is 0.411. The molecule has 110 valence electrons. The molecule has 3 heteroatoms. The predicted octanol–water partition coefficient (Wildman–Crippen LogP) is 4.47. The van der Waals surface area contributed by atoms with Gasteiger partial charge in [0.25, 0.3) is 0 Å². The Morgan fingerprint density at radius 1 is 1.10 bits per heavy atom. The summed E-state index contributed by atoms with van der Waals surface area (Å²) < 4.78 is 5.17. The van der Waals surface area contributed by atoms with E-state index in [1.165, 1.54) is 25.0 Å². The number of carbonyl (C=O) groups is 1. The standard InChI is InChI=1S/C17H24O3/c1-2-3-4-5-6-7-8-9-14-20-17(19)15-10-12-16(18)13-11-15/h5-6,10-13,18H,2-4,7-9,14H2,1H3/b6-5+. The van der Waals surface area contributed by atoms with Gasteiger partial charge in [0.1, 0.15) is 5.75 Å². The minimum absolute atomic E-state index is 0.149. The minimum atomic E-state index is -0.330. The zero-order chi connectivity index (χ0) is 14.6. The van der Waals surface area contributed by atoms with Crippen molar-refractivity contribution in [2.24, 2.45) is 0 Å². The summed E-state index contributed by atoms with van der Waals surface area (Å²) in [6.45, 7) is 2.64. The van der Waals surface area contributed by atoms with Crippen LogP contribution < -0.4 is 0 Å². The number of ether oxygens (including phenoxy) is 1. The molecule has 0 spiro atoms. The van der Waals surface area contributed by atoms with Crippen molar-refractivity contribution in [3.05, 3.63) is 42.0 Å². The second-order valence-electron chi connectivity index (χ2n) is 4.79.